The van der Waals surface area contributed by atoms with Crippen LogP contribution in [0.3, 0.4) is 0 Å². The van der Waals surface area contributed by atoms with Gasteiger partial charge in [0.05, 0.1) is 11.4 Å². The van der Waals surface area contributed by atoms with E-state index in [0.29, 0.717) is 16.3 Å². The van der Waals surface area contributed by atoms with Crippen molar-refractivity contribution in [1.82, 2.24) is 9.88 Å². The van der Waals surface area contributed by atoms with Crippen LogP contribution in [0.2, 0.25) is 5.02 Å². The van der Waals surface area contributed by atoms with E-state index in [2.05, 4.69) is 23.1 Å². The van der Waals surface area contributed by atoms with Gasteiger partial charge < -0.3 is 4.90 Å². The molecule has 1 aromatic heterocycles. The number of alkyl halides is 3. The highest BCUT2D eigenvalue weighted by Gasteiger charge is 2.51. The van der Waals surface area contributed by atoms with E-state index in [0.717, 1.165) is 9.21 Å². The van der Waals surface area contributed by atoms with E-state index in [4.69, 9.17) is 11.6 Å². The summed E-state index contributed by atoms with van der Waals surface area (Å²) in [6, 6.07) is 13.5. The number of carbonyl (C=O) groups is 3. The molecule has 1 aliphatic heterocycles. The number of hydrogen-bond acceptors (Lipinski definition) is 6. The van der Waals surface area contributed by atoms with E-state index < -0.39 is 29.0 Å². The minimum atomic E-state index is -4.46. The minimum absolute atomic E-state index is 0.000353. The predicted molar refractivity (Wildman–Crippen MR) is 147 cm³/mol. The Kier molecular flexibility index (Phi) is 8.05. The average molecular weight is 596 g/mol. The number of amides is 5. The summed E-state index contributed by atoms with van der Waals surface area (Å²) in [7, 11) is 0. The van der Waals surface area contributed by atoms with E-state index in [1.807, 2.05) is 0 Å². The Morgan fingerprint density at radius 1 is 1.13 bits per heavy atom. The first-order valence-electron chi connectivity index (χ1n) is 11.3. The summed E-state index contributed by atoms with van der Waals surface area (Å²) in [5, 5.41) is 3.04. The van der Waals surface area contributed by atoms with Crippen LogP contribution in [0.4, 0.5) is 40.0 Å². The molecule has 0 spiro atoms. The molecule has 0 saturated carbocycles. The van der Waals surface area contributed by atoms with Crippen molar-refractivity contribution in [3.8, 4) is 0 Å². The molecule has 3 aromatic rings. The van der Waals surface area contributed by atoms with Crippen molar-refractivity contribution in [2.24, 2.45) is 0 Å². The summed E-state index contributed by atoms with van der Waals surface area (Å²) in [6.45, 7) is 3.16. The first kappa shape index (κ1) is 28.6. The number of aromatic nitrogens is 1. The van der Waals surface area contributed by atoms with Crippen molar-refractivity contribution in [3.63, 3.8) is 0 Å². The fourth-order valence-electron chi connectivity index (χ4n) is 3.84. The van der Waals surface area contributed by atoms with Gasteiger partial charge in [0.1, 0.15) is 11.4 Å². The largest absolute Gasteiger partial charge is 0.446 e. The molecule has 0 unspecified atom stereocenters. The van der Waals surface area contributed by atoms with Gasteiger partial charge in [0, 0.05) is 22.7 Å². The summed E-state index contributed by atoms with van der Waals surface area (Å²) in [5.74, 6) is -0.345. The molecule has 0 atom stereocenters. The van der Waals surface area contributed by atoms with E-state index in [-0.39, 0.29) is 34.7 Å². The van der Waals surface area contributed by atoms with Crippen LogP contribution in [0.25, 0.3) is 0 Å². The molecule has 0 radical (unpaired) electrons. The fraction of sp³-hybridized carbons (Fsp3) is 0.200. The first-order valence-corrected chi connectivity index (χ1v) is 12.9. The van der Waals surface area contributed by atoms with Crippen LogP contribution in [0, 0.1) is 0 Å². The number of carbonyl (C=O) groups excluding carboxylic acids is 3. The molecule has 8 nitrogen and oxygen atoms in total. The number of rotatable bonds is 6. The number of imide groups is 1. The van der Waals surface area contributed by atoms with Crippen LogP contribution in [-0.2, 0) is 11.3 Å². The molecule has 204 valence electrons. The smallest absolute Gasteiger partial charge is 0.305 e. The highest BCUT2D eigenvalue weighted by Crippen LogP contribution is 2.39. The standard InChI is InChI=1S/C25H21ClF3N5O3S2/c1-24(2)21(35)33(17-6-8-19(9-7-17)39-25(27,28)29)23(37)32(24)14-15-10-11-30-20(12-15)31-22(36)34(38)18-5-3-4-16(26)13-18/h3-13,38H,14H2,1-2H3,(H,30,31,36). The van der Waals surface area contributed by atoms with Gasteiger partial charge in [0.25, 0.3) is 5.91 Å². The SMILES string of the molecule is CC1(C)C(=O)N(c2ccc(SC(F)(F)F)cc2)C(=O)N1Cc1ccnc(NC(=O)N(S)c2cccc(Cl)c2)c1. The third kappa shape index (κ3) is 6.43. The van der Waals surface area contributed by atoms with Gasteiger partial charge in [-0.25, -0.2) is 23.8 Å². The first-order chi connectivity index (χ1) is 18.3. The Hall–Kier alpha value is -3.42. The van der Waals surface area contributed by atoms with E-state index >= 15 is 0 Å². The van der Waals surface area contributed by atoms with Crippen LogP contribution in [0.1, 0.15) is 19.4 Å². The summed E-state index contributed by atoms with van der Waals surface area (Å²) >= 11 is 9.90. The molecular formula is C25H21ClF3N5O3S2. The monoisotopic (exact) mass is 595 g/mol. The molecule has 1 fully saturated rings. The maximum atomic E-state index is 13.3. The molecule has 1 N–H and O–H groups in total. The second kappa shape index (κ2) is 11.0. The Bertz CT molecular complexity index is 1420. The van der Waals surface area contributed by atoms with Gasteiger partial charge in [-0.15, -0.1) is 0 Å². The van der Waals surface area contributed by atoms with Gasteiger partial charge >= 0.3 is 17.6 Å². The summed E-state index contributed by atoms with van der Waals surface area (Å²) in [5.41, 5.74) is -4.54. The van der Waals surface area contributed by atoms with Gasteiger partial charge in [-0.1, -0.05) is 30.5 Å². The van der Waals surface area contributed by atoms with E-state index in [1.165, 1.54) is 35.4 Å². The number of hydrogen-bond donors (Lipinski definition) is 2. The molecule has 1 saturated heterocycles. The molecule has 0 aliphatic carbocycles. The fourth-order valence-corrected chi connectivity index (χ4v) is 4.74. The van der Waals surface area contributed by atoms with Gasteiger partial charge in [-0.3, -0.25) is 10.1 Å². The molecular weight excluding hydrogens is 575 g/mol. The second-order valence-electron chi connectivity index (χ2n) is 8.88. The molecule has 39 heavy (non-hydrogen) atoms. The average Bonchev–Trinajstić information content (AvgIpc) is 3.02. The Balaban J connectivity index is 1.49. The van der Waals surface area contributed by atoms with Crippen LogP contribution in [0.15, 0.2) is 71.8 Å². The zero-order chi connectivity index (χ0) is 28.5. The van der Waals surface area contributed by atoms with Crippen LogP contribution in [-0.4, -0.2) is 38.9 Å². The van der Waals surface area contributed by atoms with Crippen LogP contribution in [0.5, 0.6) is 0 Å². The van der Waals surface area contributed by atoms with Gasteiger partial charge in [-0.05, 0) is 85.8 Å². The number of thioether (sulfide) groups is 1. The zero-order valence-electron chi connectivity index (χ0n) is 20.4. The lowest BCUT2D eigenvalue weighted by Gasteiger charge is -2.27. The molecule has 14 heteroatoms. The van der Waals surface area contributed by atoms with Gasteiger partial charge in [0.2, 0.25) is 0 Å². The Morgan fingerprint density at radius 2 is 1.82 bits per heavy atom. The third-order valence-corrected chi connectivity index (χ3v) is 7.18. The molecule has 4 rings (SSSR count). The van der Waals surface area contributed by atoms with Crippen molar-refractivity contribution in [2.75, 3.05) is 14.5 Å². The number of halogens is 4. The molecule has 2 heterocycles. The lowest BCUT2D eigenvalue weighted by atomic mass is 10.0. The molecule has 0 bridgehead atoms. The van der Waals surface area contributed by atoms with Crippen molar-refractivity contribution in [2.45, 2.75) is 36.3 Å². The van der Waals surface area contributed by atoms with Crippen molar-refractivity contribution < 1.29 is 27.6 Å². The van der Waals surface area contributed by atoms with Crippen molar-refractivity contribution in [1.29, 1.82) is 0 Å². The van der Waals surface area contributed by atoms with Gasteiger partial charge in [0.15, 0.2) is 0 Å². The lowest BCUT2D eigenvalue weighted by molar-refractivity contribution is -0.123. The number of urea groups is 2. The number of thiol groups is 1. The predicted octanol–water partition coefficient (Wildman–Crippen LogP) is 6.98. The molecule has 2 aromatic carbocycles. The number of nitrogens with zero attached hydrogens (tertiary/aromatic N) is 4. The summed E-state index contributed by atoms with van der Waals surface area (Å²) in [4.78, 5) is 45.5. The summed E-state index contributed by atoms with van der Waals surface area (Å²) in [6.07, 6.45) is 1.44. The number of nitrogens with one attached hydrogen (secondary N) is 1. The third-order valence-electron chi connectivity index (χ3n) is 5.80. The second-order valence-corrected chi connectivity index (χ2v) is 10.9. The van der Waals surface area contributed by atoms with Crippen molar-refractivity contribution >= 4 is 71.3 Å². The van der Waals surface area contributed by atoms with Crippen LogP contribution >= 0.6 is 36.2 Å². The highest BCUT2D eigenvalue weighted by molar-refractivity contribution is 8.00. The minimum Gasteiger partial charge on any atom is -0.305 e. The number of benzene rings is 2. The molecule has 1 aliphatic rings. The molecule has 5 amide bonds. The van der Waals surface area contributed by atoms with Gasteiger partial charge in [-0.2, -0.15) is 13.2 Å². The van der Waals surface area contributed by atoms with E-state index in [1.54, 1.807) is 50.2 Å². The zero-order valence-corrected chi connectivity index (χ0v) is 22.9. The number of pyridine rings is 1. The Morgan fingerprint density at radius 3 is 2.46 bits per heavy atom. The maximum absolute atomic E-state index is 13.3. The lowest BCUT2D eigenvalue weighted by Crippen LogP contribution is -2.43. The topological polar surface area (TPSA) is 85.9 Å². The van der Waals surface area contributed by atoms with Crippen LogP contribution < -0.4 is 14.5 Å². The Labute approximate surface area is 236 Å². The normalized spacial score (nSPS) is 15.1. The quantitative estimate of drug-likeness (QED) is 0.182. The maximum Gasteiger partial charge on any atom is 0.446 e. The summed E-state index contributed by atoms with van der Waals surface area (Å²) < 4.78 is 39.0. The van der Waals surface area contributed by atoms with E-state index in [9.17, 15) is 27.6 Å². The highest BCUT2D eigenvalue weighted by atomic mass is 35.5. The number of anilines is 3. The van der Waals surface area contributed by atoms with Crippen molar-refractivity contribution in [3.05, 3.63) is 77.4 Å².